The zero-order valence-corrected chi connectivity index (χ0v) is 27.1. The van der Waals surface area contributed by atoms with Gasteiger partial charge in [0.2, 0.25) is 17.8 Å². The molecule has 46 heavy (non-hydrogen) atoms. The summed E-state index contributed by atoms with van der Waals surface area (Å²) in [4.78, 5) is 32.3. The summed E-state index contributed by atoms with van der Waals surface area (Å²) in [5, 5.41) is 16.4. The monoisotopic (exact) mass is 638 g/mol. The van der Waals surface area contributed by atoms with E-state index in [2.05, 4.69) is 34.4 Å². The first-order valence-corrected chi connectivity index (χ1v) is 17.2. The highest BCUT2D eigenvalue weighted by Crippen LogP contribution is 2.38. The summed E-state index contributed by atoms with van der Waals surface area (Å²) < 4.78 is 30.4. The number of imidazole rings is 1. The highest BCUT2D eigenvalue weighted by Gasteiger charge is 2.32. The van der Waals surface area contributed by atoms with E-state index in [0.717, 1.165) is 83.5 Å². The SMILES string of the molecule is CCN(CCC(C)N1CCCC1)C(=O)C1CCC(n2c(Nc3ccc(F)cc3F)nc3cnc(NC4CCC(O)CC4)nc32)CC1. The molecule has 6 rings (SSSR count). The van der Waals surface area contributed by atoms with Crippen LogP contribution in [0.4, 0.5) is 26.4 Å². The lowest BCUT2D eigenvalue weighted by molar-refractivity contribution is -0.136. The van der Waals surface area contributed by atoms with Crippen molar-refractivity contribution in [1.82, 2.24) is 29.3 Å². The third-order valence-electron chi connectivity index (χ3n) is 10.3. The molecule has 2 saturated carbocycles. The van der Waals surface area contributed by atoms with Crippen LogP contribution in [0.15, 0.2) is 24.4 Å². The minimum atomic E-state index is -0.709. The first kappa shape index (κ1) is 32.6. The predicted molar refractivity (Wildman–Crippen MR) is 175 cm³/mol. The number of anilines is 3. The summed E-state index contributed by atoms with van der Waals surface area (Å²) in [5.41, 5.74) is 1.31. The number of aromatic nitrogens is 4. The fraction of sp³-hybridized carbons (Fsp3) is 0.647. The zero-order chi connectivity index (χ0) is 32.2. The number of carbonyl (C=O) groups excluding carboxylic acids is 1. The number of amides is 1. The Hall–Kier alpha value is -3.38. The van der Waals surface area contributed by atoms with Crippen molar-refractivity contribution in [1.29, 1.82) is 0 Å². The Kier molecular flexibility index (Phi) is 10.3. The standard InChI is InChI=1S/C34H48F2N8O2/c1-3-42(19-16-22(2)43-17-4-5-18-43)32(46)23-6-11-26(12-7-23)44-31-30(40-34(44)39-29-15-8-24(35)20-28(29)36)21-37-33(41-31)38-25-9-13-27(45)14-10-25/h8,15,20-23,25-27,45H,3-7,9-14,16-19H2,1-2H3,(H,39,40)(H,37,38,41). The Balaban J connectivity index is 1.19. The largest absolute Gasteiger partial charge is 0.393 e. The lowest BCUT2D eigenvalue weighted by Crippen LogP contribution is -2.41. The molecule has 0 bridgehead atoms. The summed E-state index contributed by atoms with van der Waals surface area (Å²) in [7, 11) is 0. The van der Waals surface area contributed by atoms with E-state index in [4.69, 9.17) is 9.97 Å². The van der Waals surface area contributed by atoms with Gasteiger partial charge < -0.3 is 25.5 Å². The van der Waals surface area contributed by atoms with Gasteiger partial charge in [0.05, 0.1) is 18.0 Å². The van der Waals surface area contributed by atoms with Crippen LogP contribution in [0.2, 0.25) is 0 Å². The fourth-order valence-corrected chi connectivity index (χ4v) is 7.48. The number of nitrogens with zero attached hydrogens (tertiary/aromatic N) is 6. The topological polar surface area (TPSA) is 111 Å². The average Bonchev–Trinajstić information content (AvgIpc) is 3.72. The van der Waals surface area contributed by atoms with Crippen LogP contribution in [-0.4, -0.2) is 84.7 Å². The number of fused-ring (bicyclic) bond motifs is 1. The third-order valence-corrected chi connectivity index (χ3v) is 10.3. The van der Waals surface area contributed by atoms with E-state index < -0.39 is 11.6 Å². The Morgan fingerprint density at radius 3 is 2.50 bits per heavy atom. The van der Waals surface area contributed by atoms with Gasteiger partial charge >= 0.3 is 0 Å². The number of likely N-dealkylation sites (tertiary alicyclic amines) is 1. The van der Waals surface area contributed by atoms with Gasteiger partial charge in [-0.05, 0) is 110 Å². The van der Waals surface area contributed by atoms with Crippen LogP contribution in [0.25, 0.3) is 11.2 Å². The second-order valence-electron chi connectivity index (χ2n) is 13.4. The Bertz CT molecular complexity index is 1480. The molecule has 250 valence electrons. The fourth-order valence-electron chi connectivity index (χ4n) is 7.48. The molecule has 2 aromatic heterocycles. The molecule has 1 atom stereocenters. The van der Waals surface area contributed by atoms with Gasteiger partial charge in [-0.15, -0.1) is 0 Å². The molecule has 3 N–H and O–H groups in total. The molecule has 1 amide bonds. The van der Waals surface area contributed by atoms with E-state index in [1.165, 1.54) is 25.0 Å². The summed E-state index contributed by atoms with van der Waals surface area (Å²) in [6.45, 7) is 8.15. The third kappa shape index (κ3) is 7.43. The van der Waals surface area contributed by atoms with E-state index >= 15 is 0 Å². The maximum absolute atomic E-state index is 14.7. The molecule has 1 unspecified atom stereocenters. The number of benzene rings is 1. The normalized spacial score (nSPS) is 24.6. The van der Waals surface area contributed by atoms with Crippen molar-refractivity contribution in [2.24, 2.45) is 5.92 Å². The van der Waals surface area contributed by atoms with Crippen molar-refractivity contribution in [3.05, 3.63) is 36.0 Å². The average molecular weight is 639 g/mol. The number of aliphatic hydroxyl groups is 1. The van der Waals surface area contributed by atoms with E-state index in [9.17, 15) is 18.7 Å². The molecule has 3 fully saturated rings. The number of halogens is 2. The van der Waals surface area contributed by atoms with Crippen molar-refractivity contribution in [2.75, 3.05) is 36.8 Å². The number of carbonyl (C=O) groups is 1. The molecule has 1 saturated heterocycles. The lowest BCUT2D eigenvalue weighted by Gasteiger charge is -2.34. The van der Waals surface area contributed by atoms with E-state index in [1.807, 2.05) is 9.47 Å². The van der Waals surface area contributed by atoms with Crippen LogP contribution in [0.3, 0.4) is 0 Å². The summed E-state index contributed by atoms with van der Waals surface area (Å²) in [5.74, 6) is -0.257. The van der Waals surface area contributed by atoms with Crippen LogP contribution in [0.1, 0.15) is 90.5 Å². The van der Waals surface area contributed by atoms with E-state index in [-0.39, 0.29) is 35.7 Å². The van der Waals surface area contributed by atoms with Crippen molar-refractivity contribution in [3.63, 3.8) is 0 Å². The summed E-state index contributed by atoms with van der Waals surface area (Å²) >= 11 is 0. The van der Waals surface area contributed by atoms with Crippen LogP contribution in [0, 0.1) is 17.6 Å². The van der Waals surface area contributed by atoms with Crippen LogP contribution in [-0.2, 0) is 4.79 Å². The van der Waals surface area contributed by atoms with Gasteiger partial charge in [-0.1, -0.05) is 0 Å². The number of hydrogen-bond donors (Lipinski definition) is 3. The van der Waals surface area contributed by atoms with Crippen molar-refractivity contribution in [3.8, 4) is 0 Å². The van der Waals surface area contributed by atoms with Crippen LogP contribution >= 0.6 is 0 Å². The second kappa shape index (κ2) is 14.6. The number of hydrogen-bond acceptors (Lipinski definition) is 8. The van der Waals surface area contributed by atoms with Crippen LogP contribution in [0.5, 0.6) is 0 Å². The molecule has 1 aromatic carbocycles. The molecule has 1 aliphatic heterocycles. The molecule has 0 radical (unpaired) electrons. The molecule has 12 heteroatoms. The van der Waals surface area contributed by atoms with Gasteiger partial charge in [0.1, 0.15) is 17.2 Å². The molecule has 10 nitrogen and oxygen atoms in total. The smallest absolute Gasteiger partial charge is 0.225 e. The van der Waals surface area contributed by atoms with Gasteiger partial charge in [0, 0.05) is 43.2 Å². The van der Waals surface area contributed by atoms with Gasteiger partial charge in [0.25, 0.3) is 0 Å². The minimum absolute atomic E-state index is 0.0158. The minimum Gasteiger partial charge on any atom is -0.393 e. The molecule has 3 aromatic rings. The van der Waals surface area contributed by atoms with Crippen molar-refractivity contribution >= 4 is 34.7 Å². The number of aliphatic hydroxyl groups excluding tert-OH is 1. The Labute approximate surface area is 270 Å². The zero-order valence-electron chi connectivity index (χ0n) is 27.1. The van der Waals surface area contributed by atoms with Crippen molar-refractivity contribution in [2.45, 2.75) is 109 Å². The predicted octanol–water partition coefficient (Wildman–Crippen LogP) is 6.02. The van der Waals surface area contributed by atoms with E-state index in [1.54, 1.807) is 6.20 Å². The molecule has 3 aliphatic rings. The molecular weight excluding hydrogens is 590 g/mol. The van der Waals surface area contributed by atoms with Gasteiger partial charge in [-0.3, -0.25) is 9.36 Å². The summed E-state index contributed by atoms with van der Waals surface area (Å²) in [6.07, 6.45) is 11.1. The maximum Gasteiger partial charge on any atom is 0.225 e. The highest BCUT2D eigenvalue weighted by atomic mass is 19.1. The maximum atomic E-state index is 14.7. The second-order valence-corrected chi connectivity index (χ2v) is 13.4. The molecular formula is C34H48F2N8O2. The van der Waals surface area contributed by atoms with Gasteiger partial charge in [-0.25, -0.2) is 18.7 Å². The number of nitrogens with one attached hydrogen (secondary N) is 2. The Morgan fingerprint density at radius 2 is 1.80 bits per heavy atom. The Morgan fingerprint density at radius 1 is 1.07 bits per heavy atom. The number of rotatable bonds is 11. The van der Waals surface area contributed by atoms with Crippen molar-refractivity contribution < 1.29 is 18.7 Å². The molecule has 2 aliphatic carbocycles. The summed E-state index contributed by atoms with van der Waals surface area (Å²) in [6, 6.07) is 4.06. The highest BCUT2D eigenvalue weighted by molar-refractivity contribution is 5.79. The van der Waals surface area contributed by atoms with Gasteiger partial charge in [0.15, 0.2) is 5.65 Å². The van der Waals surface area contributed by atoms with E-state index in [0.29, 0.717) is 35.6 Å². The lowest BCUT2D eigenvalue weighted by atomic mass is 9.85. The molecule has 0 spiro atoms. The quantitative estimate of drug-likeness (QED) is 0.234. The molecule has 3 heterocycles. The first-order valence-electron chi connectivity index (χ1n) is 17.2. The first-order chi connectivity index (χ1) is 22.3. The van der Waals surface area contributed by atoms with Crippen LogP contribution < -0.4 is 10.6 Å². The van der Waals surface area contributed by atoms with Gasteiger partial charge in [-0.2, -0.15) is 4.98 Å².